The lowest BCUT2D eigenvalue weighted by Gasteiger charge is -2.34. The Hall–Kier alpha value is -3.64. The van der Waals surface area contributed by atoms with Gasteiger partial charge < -0.3 is 16.6 Å². The second-order valence-electron chi connectivity index (χ2n) is 8.24. The summed E-state index contributed by atoms with van der Waals surface area (Å²) < 4.78 is 141. The highest BCUT2D eigenvalue weighted by Crippen LogP contribution is 2.53. The lowest BCUT2D eigenvalue weighted by atomic mass is 9.88. The number of rotatable bonds is 3. The van der Waals surface area contributed by atoms with Gasteiger partial charge in [-0.1, -0.05) is 48.5 Å². The smallest absolute Gasteiger partial charge is 0.398 e. The first kappa shape index (κ1) is 30.9. The van der Waals surface area contributed by atoms with Crippen LogP contribution in [-0.2, 0) is 25.8 Å². The predicted molar refractivity (Wildman–Crippen MR) is 132 cm³/mol. The van der Waals surface area contributed by atoms with Crippen LogP contribution in [0.15, 0.2) is 76.5 Å². The van der Waals surface area contributed by atoms with Crippen LogP contribution in [0.4, 0.5) is 37.7 Å². The molecule has 7 N–H and O–H groups in total. The molecular weight excluding hydrogens is 594 g/mol. The molecule has 0 aliphatic heterocycles. The molecule has 0 radical (unpaired) electrons. The maximum Gasteiger partial charge on any atom is 0.430 e. The van der Waals surface area contributed by atoms with Gasteiger partial charge in [-0.3, -0.25) is 9.11 Å². The van der Waals surface area contributed by atoms with E-state index in [1.54, 1.807) is 24.3 Å². The van der Waals surface area contributed by atoms with Crippen molar-refractivity contribution in [1.29, 1.82) is 0 Å². The number of nitrogens with two attached hydrogens (primary N) is 2. The van der Waals surface area contributed by atoms with Crippen molar-refractivity contribution in [3.8, 4) is 0 Å². The maximum atomic E-state index is 13.1. The molecule has 4 aromatic rings. The zero-order chi connectivity index (χ0) is 30.5. The maximum absolute atomic E-state index is 13.1. The predicted octanol–water partition coefficient (Wildman–Crippen LogP) is 4.65. The molecule has 216 valence electrons. The van der Waals surface area contributed by atoms with Gasteiger partial charge in [-0.15, -0.1) is 0 Å². The number of hydrogen-bond donors (Lipinski definition) is 5. The van der Waals surface area contributed by atoms with Crippen LogP contribution in [0, 0.1) is 0 Å². The summed E-state index contributed by atoms with van der Waals surface area (Å²) in [6, 6.07) is 13.8. The van der Waals surface area contributed by atoms with Crippen LogP contribution in [0.1, 0.15) is 5.56 Å². The lowest BCUT2D eigenvalue weighted by molar-refractivity contribution is -0.376. The summed E-state index contributed by atoms with van der Waals surface area (Å²) in [6.45, 7) is 0. The van der Waals surface area contributed by atoms with E-state index in [-0.39, 0.29) is 11.0 Å². The number of anilines is 2. The molecule has 0 atom stereocenters. The number of fused-ring (bicyclic) bond motifs is 2. The van der Waals surface area contributed by atoms with E-state index in [9.17, 15) is 48.3 Å². The second-order valence-corrected chi connectivity index (χ2v) is 11.0. The molecule has 0 bridgehead atoms. The third-order valence-corrected chi connectivity index (χ3v) is 7.54. The Morgan fingerprint density at radius 2 is 1.00 bits per heavy atom. The minimum atomic E-state index is -6.27. The van der Waals surface area contributed by atoms with Crippen molar-refractivity contribution in [2.24, 2.45) is 0 Å². The van der Waals surface area contributed by atoms with Gasteiger partial charge in [-0.25, -0.2) is 0 Å². The van der Waals surface area contributed by atoms with Crippen LogP contribution in [-0.4, -0.2) is 43.4 Å². The zero-order valence-electron chi connectivity index (χ0n) is 19.6. The molecule has 0 aliphatic rings. The Labute approximate surface area is 222 Å². The average molecular weight is 613 g/mol. The fourth-order valence-electron chi connectivity index (χ4n) is 3.86. The molecule has 0 spiro atoms. The van der Waals surface area contributed by atoms with Crippen LogP contribution in [0.2, 0.25) is 0 Å². The number of alkyl halides is 6. The van der Waals surface area contributed by atoms with Gasteiger partial charge in [-0.05, 0) is 18.2 Å². The van der Waals surface area contributed by atoms with Gasteiger partial charge in [0.2, 0.25) is 0 Å². The molecule has 4 aromatic carbocycles. The van der Waals surface area contributed by atoms with Crippen molar-refractivity contribution >= 4 is 53.2 Å². The molecular formula is C23H18F6N2O7S2. The summed E-state index contributed by atoms with van der Waals surface area (Å²) in [7, 11) is -9.42. The Morgan fingerprint density at radius 3 is 1.43 bits per heavy atom. The molecule has 0 aliphatic carbocycles. The summed E-state index contributed by atoms with van der Waals surface area (Å²) in [5, 5.41) is 9.61. The molecule has 40 heavy (non-hydrogen) atoms. The molecule has 0 aromatic heterocycles. The first-order chi connectivity index (χ1) is 18.1. The van der Waals surface area contributed by atoms with Gasteiger partial charge in [0.1, 0.15) is 9.79 Å². The van der Waals surface area contributed by atoms with E-state index in [4.69, 9.17) is 20.6 Å². The van der Waals surface area contributed by atoms with Gasteiger partial charge in [-0.2, -0.15) is 43.2 Å². The quantitative estimate of drug-likeness (QED) is 0.125. The zero-order valence-corrected chi connectivity index (χ0v) is 21.2. The van der Waals surface area contributed by atoms with E-state index < -0.39 is 65.1 Å². The van der Waals surface area contributed by atoms with Crippen molar-refractivity contribution in [3.63, 3.8) is 0 Å². The molecule has 0 amide bonds. The standard InChI is InChI=1S/C13H9F6NO4S.C10H9NO3S/c14-12(15,16)11(21,13(17,18)19)8-5-9(25(22,23)24)6-3-1-2-4-7(6)10(8)20;11-9-5-6-10(15(12,13)14)8-4-2-1-3-7(8)9/h1-5,21H,20H2,(H,22,23,24);1-6H,11H2,(H,12,13,14). The molecule has 0 unspecified atom stereocenters. The van der Waals surface area contributed by atoms with Crippen molar-refractivity contribution in [2.75, 3.05) is 11.5 Å². The third-order valence-electron chi connectivity index (χ3n) is 5.73. The number of benzene rings is 4. The highest BCUT2D eigenvalue weighted by Gasteiger charge is 2.72. The number of nitrogen functional groups attached to an aromatic ring is 2. The first-order valence-corrected chi connectivity index (χ1v) is 13.4. The Kier molecular flexibility index (Phi) is 7.78. The number of halogens is 6. The van der Waals surface area contributed by atoms with Crippen molar-refractivity contribution in [2.45, 2.75) is 27.7 Å². The average Bonchev–Trinajstić information content (AvgIpc) is 2.82. The van der Waals surface area contributed by atoms with Crippen LogP contribution in [0.5, 0.6) is 0 Å². The molecule has 0 heterocycles. The van der Waals surface area contributed by atoms with Gasteiger partial charge >= 0.3 is 12.4 Å². The van der Waals surface area contributed by atoms with E-state index in [1.807, 2.05) is 0 Å². The van der Waals surface area contributed by atoms with Crippen LogP contribution in [0.3, 0.4) is 0 Å². The summed E-state index contributed by atoms with van der Waals surface area (Å²) in [5.41, 5.74) is 3.04. The van der Waals surface area contributed by atoms with E-state index >= 15 is 0 Å². The SMILES string of the molecule is Nc1c(C(O)(C(F)(F)F)C(F)(F)F)cc(S(=O)(=O)O)c2ccccc12.Nc1ccc(S(=O)(=O)O)c2ccccc12. The van der Waals surface area contributed by atoms with Crippen molar-refractivity contribution in [1.82, 2.24) is 0 Å². The van der Waals surface area contributed by atoms with Crippen LogP contribution < -0.4 is 11.5 Å². The fraction of sp³-hybridized carbons (Fsp3) is 0.130. The van der Waals surface area contributed by atoms with Crippen LogP contribution >= 0.6 is 0 Å². The topological polar surface area (TPSA) is 181 Å². The van der Waals surface area contributed by atoms with Gasteiger partial charge in [0.25, 0.3) is 25.8 Å². The largest absolute Gasteiger partial charge is 0.430 e. The van der Waals surface area contributed by atoms with Gasteiger partial charge in [0.15, 0.2) is 0 Å². The Morgan fingerprint density at radius 1 is 0.600 bits per heavy atom. The van der Waals surface area contributed by atoms with Gasteiger partial charge in [0.05, 0.1) is 0 Å². The third kappa shape index (κ3) is 5.50. The molecule has 17 heteroatoms. The van der Waals surface area contributed by atoms with Crippen molar-refractivity contribution in [3.05, 3.63) is 72.3 Å². The molecule has 0 fully saturated rings. The molecule has 4 rings (SSSR count). The van der Waals surface area contributed by atoms with Crippen molar-refractivity contribution < 1.29 is 57.4 Å². The fourth-order valence-corrected chi connectivity index (χ4v) is 5.28. The van der Waals surface area contributed by atoms with E-state index in [1.165, 1.54) is 24.3 Å². The van der Waals surface area contributed by atoms with E-state index in [2.05, 4.69) is 0 Å². The van der Waals surface area contributed by atoms with Crippen LogP contribution in [0.25, 0.3) is 21.5 Å². The Balaban J connectivity index is 0.000000249. The normalized spacial score (nSPS) is 13.2. The minimum Gasteiger partial charge on any atom is -0.398 e. The Bertz CT molecular complexity index is 1810. The summed E-state index contributed by atoms with van der Waals surface area (Å²) >= 11 is 0. The summed E-state index contributed by atoms with van der Waals surface area (Å²) in [5.74, 6) is 0. The number of aliphatic hydroxyl groups is 1. The molecule has 9 nitrogen and oxygen atoms in total. The lowest BCUT2D eigenvalue weighted by Crippen LogP contribution is -2.54. The van der Waals surface area contributed by atoms with E-state index in [0.717, 1.165) is 12.1 Å². The first-order valence-electron chi connectivity index (χ1n) is 10.5. The molecule has 0 saturated heterocycles. The monoisotopic (exact) mass is 612 g/mol. The highest BCUT2D eigenvalue weighted by atomic mass is 32.2. The minimum absolute atomic E-state index is 0.118. The number of hydrogen-bond acceptors (Lipinski definition) is 7. The summed E-state index contributed by atoms with van der Waals surface area (Å²) in [4.78, 5) is -1.37. The van der Waals surface area contributed by atoms with Gasteiger partial charge in [0, 0.05) is 38.5 Å². The van der Waals surface area contributed by atoms with E-state index in [0.29, 0.717) is 16.5 Å². The highest BCUT2D eigenvalue weighted by molar-refractivity contribution is 7.86. The molecule has 0 saturated carbocycles. The summed E-state index contributed by atoms with van der Waals surface area (Å²) in [6.07, 6.45) is -12.5. The second kappa shape index (κ2) is 10.1.